The van der Waals surface area contributed by atoms with Gasteiger partial charge in [-0.25, -0.2) is 0 Å². The SMILES string of the molecule is CC(N)CC(=O)NC(C)C(C)C. The third-order valence-corrected chi connectivity index (χ3v) is 1.90. The minimum absolute atomic E-state index is 0.0474. The molecule has 0 heterocycles. The zero-order chi connectivity index (χ0) is 9.72. The smallest absolute Gasteiger partial charge is 0.221 e. The van der Waals surface area contributed by atoms with Crippen LogP contribution in [0.3, 0.4) is 0 Å². The van der Waals surface area contributed by atoms with Crippen molar-refractivity contribution in [2.75, 3.05) is 0 Å². The Balaban J connectivity index is 3.69. The molecular formula is C9H20N2O. The van der Waals surface area contributed by atoms with Gasteiger partial charge in [-0.05, 0) is 19.8 Å². The summed E-state index contributed by atoms with van der Waals surface area (Å²) in [5.41, 5.74) is 5.48. The van der Waals surface area contributed by atoms with E-state index < -0.39 is 0 Å². The second kappa shape index (κ2) is 5.14. The van der Waals surface area contributed by atoms with Crippen molar-refractivity contribution in [1.29, 1.82) is 0 Å². The van der Waals surface area contributed by atoms with Crippen molar-refractivity contribution in [3.8, 4) is 0 Å². The normalized spacial score (nSPS) is 15.8. The Morgan fingerprint density at radius 1 is 1.33 bits per heavy atom. The van der Waals surface area contributed by atoms with Gasteiger partial charge < -0.3 is 11.1 Å². The van der Waals surface area contributed by atoms with Gasteiger partial charge in [-0.1, -0.05) is 13.8 Å². The Morgan fingerprint density at radius 2 is 1.83 bits per heavy atom. The van der Waals surface area contributed by atoms with Crippen LogP contribution in [0, 0.1) is 5.92 Å². The van der Waals surface area contributed by atoms with Gasteiger partial charge in [0, 0.05) is 18.5 Å². The Bertz CT molecular complexity index is 143. The van der Waals surface area contributed by atoms with E-state index in [0.717, 1.165) is 0 Å². The molecule has 1 amide bonds. The molecule has 0 saturated heterocycles. The molecule has 3 nitrogen and oxygen atoms in total. The lowest BCUT2D eigenvalue weighted by Gasteiger charge is -2.17. The summed E-state index contributed by atoms with van der Waals surface area (Å²) in [4.78, 5) is 11.2. The predicted octanol–water partition coefficient (Wildman–Crippen LogP) is 0.884. The molecule has 0 spiro atoms. The molecule has 2 unspecified atom stereocenters. The quantitative estimate of drug-likeness (QED) is 0.661. The number of rotatable bonds is 4. The summed E-state index contributed by atoms with van der Waals surface area (Å²) in [5, 5.41) is 2.89. The van der Waals surface area contributed by atoms with E-state index >= 15 is 0 Å². The van der Waals surface area contributed by atoms with E-state index in [-0.39, 0.29) is 18.0 Å². The predicted molar refractivity (Wildman–Crippen MR) is 50.7 cm³/mol. The van der Waals surface area contributed by atoms with Crippen molar-refractivity contribution in [2.24, 2.45) is 11.7 Å². The van der Waals surface area contributed by atoms with Crippen molar-refractivity contribution >= 4 is 5.91 Å². The number of nitrogens with two attached hydrogens (primary N) is 1. The van der Waals surface area contributed by atoms with Gasteiger partial charge >= 0.3 is 0 Å². The molecule has 0 rings (SSSR count). The molecular weight excluding hydrogens is 152 g/mol. The maximum absolute atomic E-state index is 11.2. The molecule has 0 aliphatic heterocycles. The summed E-state index contributed by atoms with van der Waals surface area (Å²) in [5.74, 6) is 0.522. The standard InChI is InChI=1S/C9H20N2O/c1-6(2)8(4)11-9(12)5-7(3)10/h6-8H,5,10H2,1-4H3,(H,11,12). The fourth-order valence-corrected chi connectivity index (χ4v) is 0.772. The van der Waals surface area contributed by atoms with E-state index in [9.17, 15) is 4.79 Å². The molecule has 0 radical (unpaired) electrons. The summed E-state index contributed by atoms with van der Waals surface area (Å²) >= 11 is 0. The first-order valence-corrected chi connectivity index (χ1v) is 4.48. The zero-order valence-electron chi connectivity index (χ0n) is 8.42. The highest BCUT2D eigenvalue weighted by atomic mass is 16.1. The Morgan fingerprint density at radius 3 is 2.17 bits per heavy atom. The topological polar surface area (TPSA) is 55.1 Å². The molecule has 12 heavy (non-hydrogen) atoms. The van der Waals surface area contributed by atoms with Crippen LogP contribution in [-0.2, 0) is 4.79 Å². The van der Waals surface area contributed by atoms with E-state index in [1.165, 1.54) is 0 Å². The highest BCUT2D eigenvalue weighted by Crippen LogP contribution is 2.00. The number of carbonyl (C=O) groups excluding carboxylic acids is 1. The van der Waals surface area contributed by atoms with Gasteiger partial charge in [-0.2, -0.15) is 0 Å². The van der Waals surface area contributed by atoms with Crippen LogP contribution in [0.25, 0.3) is 0 Å². The molecule has 0 bridgehead atoms. The average molecular weight is 172 g/mol. The van der Waals surface area contributed by atoms with Gasteiger partial charge in [0.05, 0.1) is 0 Å². The molecule has 0 aromatic carbocycles. The van der Waals surface area contributed by atoms with Crippen LogP contribution in [-0.4, -0.2) is 18.0 Å². The minimum atomic E-state index is -0.0515. The third-order valence-electron chi connectivity index (χ3n) is 1.90. The molecule has 72 valence electrons. The molecule has 0 fully saturated rings. The molecule has 0 aromatic heterocycles. The maximum atomic E-state index is 11.2. The van der Waals surface area contributed by atoms with Crippen LogP contribution < -0.4 is 11.1 Å². The lowest BCUT2D eigenvalue weighted by Crippen LogP contribution is -2.38. The van der Waals surface area contributed by atoms with E-state index in [4.69, 9.17) is 5.73 Å². The van der Waals surface area contributed by atoms with E-state index in [2.05, 4.69) is 19.2 Å². The zero-order valence-corrected chi connectivity index (χ0v) is 8.42. The second-order valence-electron chi connectivity index (χ2n) is 3.78. The first-order valence-electron chi connectivity index (χ1n) is 4.48. The van der Waals surface area contributed by atoms with Gasteiger partial charge in [0.2, 0.25) is 5.91 Å². The Kier molecular flexibility index (Phi) is 4.90. The summed E-state index contributed by atoms with van der Waals surface area (Å²) < 4.78 is 0. The van der Waals surface area contributed by atoms with Crippen LogP contribution in [0.4, 0.5) is 0 Å². The van der Waals surface area contributed by atoms with E-state index in [1.54, 1.807) is 0 Å². The lowest BCUT2D eigenvalue weighted by molar-refractivity contribution is -0.122. The average Bonchev–Trinajstić information content (AvgIpc) is 1.84. The van der Waals surface area contributed by atoms with Gasteiger partial charge in [0.25, 0.3) is 0 Å². The molecule has 0 aliphatic carbocycles. The molecule has 3 N–H and O–H groups in total. The lowest BCUT2D eigenvalue weighted by atomic mass is 10.1. The van der Waals surface area contributed by atoms with Crippen molar-refractivity contribution in [3.63, 3.8) is 0 Å². The van der Waals surface area contributed by atoms with Gasteiger partial charge in [0.1, 0.15) is 0 Å². The highest BCUT2D eigenvalue weighted by Gasteiger charge is 2.11. The molecule has 0 aromatic rings. The van der Waals surface area contributed by atoms with Gasteiger partial charge in [-0.3, -0.25) is 4.79 Å². The molecule has 3 heteroatoms. The van der Waals surface area contributed by atoms with Crippen molar-refractivity contribution in [1.82, 2.24) is 5.32 Å². The number of amides is 1. The largest absolute Gasteiger partial charge is 0.353 e. The van der Waals surface area contributed by atoms with Crippen molar-refractivity contribution in [2.45, 2.75) is 46.2 Å². The summed E-state index contributed by atoms with van der Waals surface area (Å²) in [6, 6.07) is 0.181. The number of hydrogen-bond donors (Lipinski definition) is 2. The van der Waals surface area contributed by atoms with Crippen LogP contribution in [0.15, 0.2) is 0 Å². The minimum Gasteiger partial charge on any atom is -0.353 e. The fraction of sp³-hybridized carbons (Fsp3) is 0.889. The van der Waals surface area contributed by atoms with Crippen LogP contribution >= 0.6 is 0 Å². The fourth-order valence-electron chi connectivity index (χ4n) is 0.772. The first-order chi connectivity index (χ1) is 5.43. The monoisotopic (exact) mass is 172 g/mol. The van der Waals surface area contributed by atoms with E-state index in [1.807, 2.05) is 13.8 Å². The third kappa shape index (κ3) is 5.13. The summed E-state index contributed by atoms with van der Waals surface area (Å²) in [7, 11) is 0. The van der Waals surface area contributed by atoms with Gasteiger partial charge in [0.15, 0.2) is 0 Å². The summed E-state index contributed by atoms with van der Waals surface area (Å²) in [6.45, 7) is 8.00. The van der Waals surface area contributed by atoms with Crippen LogP contribution in [0.1, 0.15) is 34.1 Å². The number of nitrogens with one attached hydrogen (secondary N) is 1. The van der Waals surface area contributed by atoms with Crippen LogP contribution in [0.2, 0.25) is 0 Å². The van der Waals surface area contributed by atoms with Crippen molar-refractivity contribution in [3.05, 3.63) is 0 Å². The van der Waals surface area contributed by atoms with Crippen LogP contribution in [0.5, 0.6) is 0 Å². The maximum Gasteiger partial charge on any atom is 0.221 e. The molecule has 0 aliphatic rings. The molecule has 0 saturated carbocycles. The highest BCUT2D eigenvalue weighted by molar-refractivity contribution is 5.76. The molecule has 2 atom stereocenters. The Labute approximate surface area is 74.7 Å². The summed E-state index contributed by atoms with van der Waals surface area (Å²) in [6.07, 6.45) is 0.414. The first kappa shape index (κ1) is 11.4. The second-order valence-corrected chi connectivity index (χ2v) is 3.78. The van der Waals surface area contributed by atoms with E-state index in [0.29, 0.717) is 12.3 Å². The Hall–Kier alpha value is -0.570. The van der Waals surface area contributed by atoms with Crippen molar-refractivity contribution < 1.29 is 4.79 Å². The number of hydrogen-bond acceptors (Lipinski definition) is 2. The number of carbonyl (C=O) groups is 1. The van der Waals surface area contributed by atoms with Gasteiger partial charge in [-0.15, -0.1) is 0 Å².